The predicted octanol–water partition coefficient (Wildman–Crippen LogP) is 4.31. The van der Waals surface area contributed by atoms with Gasteiger partial charge in [-0.3, -0.25) is 4.79 Å². The van der Waals surface area contributed by atoms with E-state index in [4.69, 9.17) is 9.47 Å². The van der Waals surface area contributed by atoms with Gasteiger partial charge in [0.1, 0.15) is 18.1 Å². The maximum atomic E-state index is 12.7. The highest BCUT2D eigenvalue weighted by atomic mass is 16.5. The van der Waals surface area contributed by atoms with E-state index >= 15 is 0 Å². The van der Waals surface area contributed by atoms with Crippen LogP contribution in [0.5, 0.6) is 11.5 Å². The fraction of sp³-hybridized carbons (Fsp3) is 0.458. The average Bonchev–Trinajstić information content (AvgIpc) is 2.64. The summed E-state index contributed by atoms with van der Waals surface area (Å²) in [6.07, 6.45) is 1.83. The Bertz CT molecular complexity index is 810. The molecule has 0 aromatic heterocycles. The molecule has 0 radical (unpaired) electrons. The summed E-state index contributed by atoms with van der Waals surface area (Å²) in [5, 5.41) is 6.86. The van der Waals surface area contributed by atoms with Gasteiger partial charge in [0, 0.05) is 22.7 Å². The van der Waals surface area contributed by atoms with Gasteiger partial charge in [-0.1, -0.05) is 12.1 Å². The zero-order valence-corrected chi connectivity index (χ0v) is 18.0. The first-order chi connectivity index (χ1) is 13.7. The van der Waals surface area contributed by atoms with E-state index in [1.807, 2.05) is 48.5 Å². The lowest BCUT2D eigenvalue weighted by Gasteiger charge is -2.46. The van der Waals surface area contributed by atoms with Gasteiger partial charge in [-0.25, -0.2) is 0 Å². The second-order valence-electron chi connectivity index (χ2n) is 9.13. The SMILES string of the molecule is COc1ccc(OCc2ccc(C(=O)NC3CC(C)(C)NC(C)(C)C3)cc2)cc1. The van der Waals surface area contributed by atoms with Crippen molar-refractivity contribution in [1.82, 2.24) is 10.6 Å². The summed E-state index contributed by atoms with van der Waals surface area (Å²) in [5.41, 5.74) is 1.69. The average molecular weight is 397 g/mol. The molecular formula is C24H32N2O3. The van der Waals surface area contributed by atoms with Crippen molar-refractivity contribution in [2.75, 3.05) is 7.11 Å². The molecule has 2 N–H and O–H groups in total. The molecule has 1 fully saturated rings. The Labute approximate surface area is 173 Å². The summed E-state index contributed by atoms with van der Waals surface area (Å²) in [7, 11) is 1.64. The smallest absolute Gasteiger partial charge is 0.251 e. The topological polar surface area (TPSA) is 59.6 Å². The number of rotatable bonds is 6. The standard InChI is InChI=1S/C24H32N2O3/c1-23(2)14-19(15-24(3,4)26-23)25-22(27)18-8-6-17(7-9-18)16-29-21-12-10-20(28-5)11-13-21/h6-13,19,26H,14-16H2,1-5H3,(H,25,27). The predicted molar refractivity (Wildman–Crippen MR) is 116 cm³/mol. The van der Waals surface area contributed by atoms with E-state index < -0.39 is 0 Å². The largest absolute Gasteiger partial charge is 0.497 e. The first-order valence-corrected chi connectivity index (χ1v) is 10.1. The number of carbonyl (C=O) groups excluding carboxylic acids is 1. The quantitative estimate of drug-likeness (QED) is 0.764. The van der Waals surface area contributed by atoms with E-state index in [0.29, 0.717) is 12.2 Å². The normalized spacial score (nSPS) is 18.1. The third-order valence-corrected chi connectivity index (χ3v) is 5.21. The Morgan fingerprint density at radius 1 is 0.966 bits per heavy atom. The maximum absolute atomic E-state index is 12.7. The number of carbonyl (C=O) groups is 1. The van der Waals surface area contributed by atoms with E-state index in [2.05, 4.69) is 38.3 Å². The minimum atomic E-state index is -0.0221. The van der Waals surface area contributed by atoms with Crippen LogP contribution in [0.3, 0.4) is 0 Å². The van der Waals surface area contributed by atoms with Crippen LogP contribution in [0.25, 0.3) is 0 Å². The molecule has 2 aromatic carbocycles. The second-order valence-corrected chi connectivity index (χ2v) is 9.13. The van der Waals surface area contributed by atoms with E-state index in [-0.39, 0.29) is 23.0 Å². The molecule has 0 bridgehead atoms. The van der Waals surface area contributed by atoms with Crippen LogP contribution >= 0.6 is 0 Å². The van der Waals surface area contributed by atoms with E-state index in [1.165, 1.54) is 0 Å². The number of nitrogens with one attached hydrogen (secondary N) is 2. The van der Waals surface area contributed by atoms with Crippen LogP contribution in [-0.2, 0) is 6.61 Å². The fourth-order valence-corrected chi connectivity index (χ4v) is 4.28. The van der Waals surface area contributed by atoms with Gasteiger partial charge in [-0.15, -0.1) is 0 Å². The highest BCUT2D eigenvalue weighted by Crippen LogP contribution is 2.28. The van der Waals surface area contributed by atoms with Crippen LogP contribution in [0.2, 0.25) is 0 Å². The molecule has 5 nitrogen and oxygen atoms in total. The summed E-state index contributed by atoms with van der Waals surface area (Å²) in [4.78, 5) is 12.7. The van der Waals surface area contributed by atoms with Crippen LogP contribution in [0.1, 0.15) is 56.5 Å². The molecule has 3 rings (SSSR count). The molecular weight excluding hydrogens is 364 g/mol. The number of benzene rings is 2. The molecule has 1 aliphatic rings. The number of methoxy groups -OCH3 is 1. The highest BCUT2D eigenvalue weighted by molar-refractivity contribution is 5.94. The lowest BCUT2D eigenvalue weighted by molar-refractivity contribution is 0.0873. The van der Waals surface area contributed by atoms with Gasteiger partial charge in [0.15, 0.2) is 0 Å². The third-order valence-electron chi connectivity index (χ3n) is 5.21. The van der Waals surface area contributed by atoms with Gasteiger partial charge >= 0.3 is 0 Å². The van der Waals surface area contributed by atoms with E-state index in [1.54, 1.807) is 7.11 Å². The zero-order chi connectivity index (χ0) is 21.1. The first kappa shape index (κ1) is 21.2. The number of ether oxygens (including phenoxy) is 2. The summed E-state index contributed by atoms with van der Waals surface area (Å²) < 4.78 is 10.9. The molecule has 29 heavy (non-hydrogen) atoms. The molecule has 0 saturated carbocycles. The van der Waals surface area contributed by atoms with Gasteiger partial charge in [0.05, 0.1) is 7.11 Å². The molecule has 0 atom stereocenters. The fourth-order valence-electron chi connectivity index (χ4n) is 4.28. The van der Waals surface area contributed by atoms with Crippen LogP contribution in [0.15, 0.2) is 48.5 Å². The number of hydrogen-bond acceptors (Lipinski definition) is 4. The van der Waals surface area contributed by atoms with Gasteiger partial charge < -0.3 is 20.1 Å². The Hall–Kier alpha value is -2.53. The van der Waals surface area contributed by atoms with Crippen LogP contribution in [-0.4, -0.2) is 30.1 Å². The van der Waals surface area contributed by atoms with Gasteiger partial charge in [0.2, 0.25) is 0 Å². The molecule has 0 aliphatic carbocycles. The lowest BCUT2D eigenvalue weighted by atomic mass is 9.79. The Balaban J connectivity index is 1.55. The Morgan fingerprint density at radius 2 is 1.52 bits per heavy atom. The van der Waals surface area contributed by atoms with Gasteiger partial charge in [-0.05, 0) is 82.5 Å². The first-order valence-electron chi connectivity index (χ1n) is 10.1. The Kier molecular flexibility index (Phi) is 6.18. The Morgan fingerprint density at radius 3 is 2.07 bits per heavy atom. The molecule has 1 heterocycles. The van der Waals surface area contributed by atoms with Crippen molar-refractivity contribution < 1.29 is 14.3 Å². The summed E-state index contributed by atoms with van der Waals surface area (Å²) in [5.74, 6) is 1.56. The van der Waals surface area contributed by atoms with E-state index in [0.717, 1.165) is 29.9 Å². The van der Waals surface area contributed by atoms with Gasteiger partial charge in [0.25, 0.3) is 5.91 Å². The molecule has 1 aliphatic heterocycles. The molecule has 5 heteroatoms. The van der Waals surface area contributed by atoms with Crippen molar-refractivity contribution in [3.63, 3.8) is 0 Å². The molecule has 0 unspecified atom stereocenters. The van der Waals surface area contributed by atoms with Crippen LogP contribution < -0.4 is 20.1 Å². The summed E-state index contributed by atoms with van der Waals surface area (Å²) in [6.45, 7) is 9.19. The molecule has 1 amide bonds. The van der Waals surface area contributed by atoms with Crippen molar-refractivity contribution in [3.8, 4) is 11.5 Å². The summed E-state index contributed by atoms with van der Waals surface area (Å²) in [6, 6.07) is 15.2. The molecule has 2 aromatic rings. The van der Waals surface area contributed by atoms with Crippen molar-refractivity contribution in [2.24, 2.45) is 0 Å². The molecule has 1 saturated heterocycles. The van der Waals surface area contributed by atoms with Crippen LogP contribution in [0, 0.1) is 0 Å². The molecule has 156 valence electrons. The summed E-state index contributed by atoms with van der Waals surface area (Å²) >= 11 is 0. The van der Waals surface area contributed by atoms with E-state index in [9.17, 15) is 4.79 Å². The number of hydrogen-bond donors (Lipinski definition) is 2. The van der Waals surface area contributed by atoms with Crippen molar-refractivity contribution in [3.05, 3.63) is 59.7 Å². The third kappa shape index (κ3) is 5.97. The zero-order valence-electron chi connectivity index (χ0n) is 18.0. The minimum absolute atomic E-state index is 0.00233. The number of piperidine rings is 1. The monoisotopic (exact) mass is 396 g/mol. The highest BCUT2D eigenvalue weighted by Gasteiger charge is 2.38. The minimum Gasteiger partial charge on any atom is -0.497 e. The van der Waals surface area contributed by atoms with Crippen LogP contribution in [0.4, 0.5) is 0 Å². The van der Waals surface area contributed by atoms with Crippen molar-refractivity contribution in [1.29, 1.82) is 0 Å². The maximum Gasteiger partial charge on any atom is 0.251 e. The van der Waals surface area contributed by atoms with Gasteiger partial charge in [-0.2, -0.15) is 0 Å². The van der Waals surface area contributed by atoms with Crippen molar-refractivity contribution in [2.45, 2.75) is 64.3 Å². The number of amides is 1. The molecule has 0 spiro atoms. The lowest BCUT2D eigenvalue weighted by Crippen LogP contribution is -2.62. The van der Waals surface area contributed by atoms with Crippen molar-refractivity contribution >= 4 is 5.91 Å². The second kappa shape index (κ2) is 8.46.